The van der Waals surface area contributed by atoms with Crippen molar-refractivity contribution in [2.45, 2.75) is 51.5 Å². The smallest absolute Gasteiger partial charge is 0.00645 e. The monoisotopic (exact) mass is 295 g/mol. The third kappa shape index (κ3) is 6.44. The van der Waals surface area contributed by atoms with Crippen molar-refractivity contribution in [2.75, 3.05) is 6.54 Å². The molecule has 2 rings (SSSR count). The van der Waals surface area contributed by atoms with Crippen LogP contribution in [-0.2, 0) is 12.8 Å². The van der Waals surface area contributed by atoms with E-state index in [1.807, 2.05) is 0 Å². The van der Waals surface area contributed by atoms with Gasteiger partial charge in [-0.3, -0.25) is 0 Å². The predicted molar refractivity (Wildman–Crippen MR) is 96.2 cm³/mol. The molecule has 1 atom stereocenters. The van der Waals surface area contributed by atoms with Crippen molar-refractivity contribution in [3.05, 3.63) is 71.8 Å². The van der Waals surface area contributed by atoms with E-state index < -0.39 is 0 Å². The van der Waals surface area contributed by atoms with Gasteiger partial charge in [-0.2, -0.15) is 0 Å². The van der Waals surface area contributed by atoms with Gasteiger partial charge in [-0.15, -0.1) is 0 Å². The normalized spacial score (nSPS) is 12.2. The standard InChI is InChI=1S/C21H29N/c1-2-21(22-18-17-20-13-7-4-8-14-20)16-10-9-15-19-11-5-3-6-12-19/h3-8,11-14,21-22H,2,9-10,15-18H2,1H3. The summed E-state index contributed by atoms with van der Waals surface area (Å²) in [6, 6.07) is 22.2. The molecule has 0 aliphatic rings. The Morgan fingerprint density at radius 3 is 1.95 bits per heavy atom. The van der Waals surface area contributed by atoms with E-state index in [0.29, 0.717) is 6.04 Å². The van der Waals surface area contributed by atoms with Gasteiger partial charge in [-0.05, 0) is 49.8 Å². The molecule has 2 aromatic carbocycles. The van der Waals surface area contributed by atoms with Crippen molar-refractivity contribution >= 4 is 0 Å². The van der Waals surface area contributed by atoms with Crippen LogP contribution in [0.4, 0.5) is 0 Å². The number of rotatable bonds is 10. The van der Waals surface area contributed by atoms with E-state index in [1.54, 1.807) is 0 Å². The van der Waals surface area contributed by atoms with Gasteiger partial charge in [-0.1, -0.05) is 74.0 Å². The first kappa shape index (κ1) is 16.8. The number of nitrogens with one attached hydrogen (secondary N) is 1. The Balaban J connectivity index is 1.58. The van der Waals surface area contributed by atoms with Crippen molar-refractivity contribution in [3.8, 4) is 0 Å². The molecular weight excluding hydrogens is 266 g/mol. The van der Waals surface area contributed by atoms with E-state index in [2.05, 4.69) is 72.9 Å². The van der Waals surface area contributed by atoms with Gasteiger partial charge >= 0.3 is 0 Å². The highest BCUT2D eigenvalue weighted by Gasteiger charge is 2.05. The van der Waals surface area contributed by atoms with Gasteiger partial charge in [0.2, 0.25) is 0 Å². The fourth-order valence-corrected chi connectivity index (χ4v) is 2.88. The molecule has 2 aromatic rings. The van der Waals surface area contributed by atoms with E-state index >= 15 is 0 Å². The molecule has 0 bridgehead atoms. The van der Waals surface area contributed by atoms with E-state index in [1.165, 1.54) is 43.2 Å². The molecule has 0 heterocycles. The Kier molecular flexibility index (Phi) is 7.76. The first-order chi connectivity index (χ1) is 10.9. The molecule has 0 aromatic heterocycles. The van der Waals surface area contributed by atoms with Gasteiger partial charge in [0.25, 0.3) is 0 Å². The van der Waals surface area contributed by atoms with Crippen LogP contribution in [0.1, 0.15) is 43.7 Å². The van der Waals surface area contributed by atoms with E-state index in [4.69, 9.17) is 0 Å². The van der Waals surface area contributed by atoms with Crippen LogP contribution in [0.25, 0.3) is 0 Å². The summed E-state index contributed by atoms with van der Waals surface area (Å²) in [5.74, 6) is 0. The van der Waals surface area contributed by atoms with E-state index in [0.717, 1.165) is 13.0 Å². The lowest BCUT2D eigenvalue weighted by Gasteiger charge is -2.17. The summed E-state index contributed by atoms with van der Waals surface area (Å²) >= 11 is 0. The minimum absolute atomic E-state index is 0.666. The van der Waals surface area contributed by atoms with Crippen molar-refractivity contribution < 1.29 is 0 Å². The number of hydrogen-bond donors (Lipinski definition) is 1. The average Bonchev–Trinajstić information content (AvgIpc) is 2.59. The molecule has 22 heavy (non-hydrogen) atoms. The van der Waals surface area contributed by atoms with Gasteiger partial charge in [0.05, 0.1) is 0 Å². The Morgan fingerprint density at radius 2 is 1.36 bits per heavy atom. The van der Waals surface area contributed by atoms with Crippen LogP contribution in [-0.4, -0.2) is 12.6 Å². The number of benzene rings is 2. The summed E-state index contributed by atoms with van der Waals surface area (Å²) in [6.07, 6.45) is 7.45. The molecule has 1 heteroatoms. The summed E-state index contributed by atoms with van der Waals surface area (Å²) in [4.78, 5) is 0. The molecule has 1 nitrogen and oxygen atoms in total. The largest absolute Gasteiger partial charge is 0.314 e. The number of unbranched alkanes of at least 4 members (excludes halogenated alkanes) is 1. The molecule has 0 aliphatic heterocycles. The maximum Gasteiger partial charge on any atom is 0.00645 e. The Hall–Kier alpha value is -1.60. The molecule has 0 aliphatic carbocycles. The van der Waals surface area contributed by atoms with Gasteiger partial charge in [0.15, 0.2) is 0 Å². The number of aryl methyl sites for hydroxylation is 1. The van der Waals surface area contributed by atoms with Gasteiger partial charge in [-0.25, -0.2) is 0 Å². The molecular formula is C21H29N. The average molecular weight is 295 g/mol. The molecule has 118 valence electrons. The molecule has 1 unspecified atom stereocenters. The predicted octanol–water partition coefficient (Wildman–Crippen LogP) is 5.01. The molecule has 0 saturated heterocycles. The molecule has 0 spiro atoms. The maximum absolute atomic E-state index is 3.72. The van der Waals surface area contributed by atoms with Crippen LogP contribution >= 0.6 is 0 Å². The summed E-state index contributed by atoms with van der Waals surface area (Å²) < 4.78 is 0. The lowest BCUT2D eigenvalue weighted by molar-refractivity contribution is 0.451. The van der Waals surface area contributed by atoms with Gasteiger partial charge in [0, 0.05) is 6.04 Å². The lowest BCUT2D eigenvalue weighted by Crippen LogP contribution is -2.30. The van der Waals surface area contributed by atoms with Crippen molar-refractivity contribution in [2.24, 2.45) is 0 Å². The van der Waals surface area contributed by atoms with E-state index in [-0.39, 0.29) is 0 Å². The Bertz CT molecular complexity index is 492. The maximum atomic E-state index is 3.72. The second-order valence-electron chi connectivity index (χ2n) is 6.03. The third-order valence-electron chi connectivity index (χ3n) is 4.29. The van der Waals surface area contributed by atoms with Gasteiger partial charge < -0.3 is 5.32 Å². The summed E-state index contributed by atoms with van der Waals surface area (Å²) in [5.41, 5.74) is 2.89. The highest BCUT2D eigenvalue weighted by Crippen LogP contribution is 2.09. The topological polar surface area (TPSA) is 12.0 Å². The summed E-state index contributed by atoms with van der Waals surface area (Å²) in [5, 5.41) is 3.72. The lowest BCUT2D eigenvalue weighted by atomic mass is 10.0. The minimum atomic E-state index is 0.666. The van der Waals surface area contributed by atoms with Gasteiger partial charge in [0.1, 0.15) is 0 Å². The molecule has 0 radical (unpaired) electrons. The van der Waals surface area contributed by atoms with Crippen molar-refractivity contribution in [3.63, 3.8) is 0 Å². The van der Waals surface area contributed by atoms with Crippen LogP contribution in [0, 0.1) is 0 Å². The second-order valence-corrected chi connectivity index (χ2v) is 6.03. The fourth-order valence-electron chi connectivity index (χ4n) is 2.88. The fraction of sp³-hybridized carbons (Fsp3) is 0.429. The first-order valence-electron chi connectivity index (χ1n) is 8.69. The third-order valence-corrected chi connectivity index (χ3v) is 4.29. The summed E-state index contributed by atoms with van der Waals surface area (Å²) in [7, 11) is 0. The van der Waals surface area contributed by atoms with Crippen LogP contribution in [0.15, 0.2) is 60.7 Å². The zero-order valence-corrected chi connectivity index (χ0v) is 13.8. The molecule has 0 amide bonds. The van der Waals surface area contributed by atoms with Crippen LogP contribution in [0.2, 0.25) is 0 Å². The Labute approximate surface area is 135 Å². The summed E-state index contributed by atoms with van der Waals surface area (Å²) in [6.45, 7) is 3.37. The zero-order chi connectivity index (χ0) is 15.5. The first-order valence-corrected chi connectivity index (χ1v) is 8.69. The zero-order valence-electron chi connectivity index (χ0n) is 13.8. The quantitative estimate of drug-likeness (QED) is 0.607. The molecule has 0 fully saturated rings. The molecule has 1 N–H and O–H groups in total. The van der Waals surface area contributed by atoms with Crippen molar-refractivity contribution in [1.29, 1.82) is 0 Å². The van der Waals surface area contributed by atoms with Crippen LogP contribution in [0.5, 0.6) is 0 Å². The SMILES string of the molecule is CCC(CCCCc1ccccc1)NCCc1ccccc1. The van der Waals surface area contributed by atoms with Crippen LogP contribution < -0.4 is 5.32 Å². The Morgan fingerprint density at radius 1 is 0.773 bits per heavy atom. The minimum Gasteiger partial charge on any atom is -0.314 e. The van der Waals surface area contributed by atoms with E-state index in [9.17, 15) is 0 Å². The van der Waals surface area contributed by atoms with Crippen molar-refractivity contribution in [1.82, 2.24) is 5.32 Å². The second kappa shape index (κ2) is 10.2. The highest BCUT2D eigenvalue weighted by atomic mass is 14.9. The molecule has 0 saturated carbocycles. The highest BCUT2D eigenvalue weighted by molar-refractivity contribution is 5.15. The number of hydrogen-bond acceptors (Lipinski definition) is 1. The van der Waals surface area contributed by atoms with Crippen LogP contribution in [0.3, 0.4) is 0 Å².